The molecule has 3 nitrogen and oxygen atoms in total. The average molecular weight is 269 g/mol. The van der Waals surface area contributed by atoms with Crippen molar-refractivity contribution in [2.24, 2.45) is 5.92 Å². The monoisotopic (exact) mass is 269 g/mol. The summed E-state index contributed by atoms with van der Waals surface area (Å²) < 4.78 is 0. The highest BCUT2D eigenvalue weighted by Gasteiger charge is 2.21. The molecule has 2 aromatic rings. The van der Waals surface area contributed by atoms with Gasteiger partial charge >= 0.3 is 0 Å². The van der Waals surface area contributed by atoms with E-state index in [0.717, 1.165) is 22.4 Å². The quantitative estimate of drug-likeness (QED) is 0.821. The minimum Gasteiger partial charge on any atom is -0.398 e. The zero-order valence-electron chi connectivity index (χ0n) is 12.1. The topological polar surface area (TPSA) is 50.9 Å². The highest BCUT2D eigenvalue weighted by Crippen LogP contribution is 2.32. The van der Waals surface area contributed by atoms with Gasteiger partial charge in [0.1, 0.15) is 0 Å². The van der Waals surface area contributed by atoms with E-state index >= 15 is 0 Å². The van der Waals surface area contributed by atoms with Gasteiger partial charge in [-0.3, -0.25) is 4.98 Å². The van der Waals surface area contributed by atoms with Crippen LogP contribution in [0.5, 0.6) is 0 Å². The van der Waals surface area contributed by atoms with E-state index in [-0.39, 0.29) is 0 Å². The van der Waals surface area contributed by atoms with Gasteiger partial charge in [-0.15, -0.1) is 0 Å². The number of benzene rings is 1. The summed E-state index contributed by atoms with van der Waals surface area (Å²) in [6, 6.07) is 6.66. The Kier molecular flexibility index (Phi) is 3.77. The van der Waals surface area contributed by atoms with E-state index in [1.807, 2.05) is 18.3 Å². The molecule has 0 radical (unpaired) electrons. The van der Waals surface area contributed by atoms with Gasteiger partial charge in [-0.05, 0) is 37.0 Å². The van der Waals surface area contributed by atoms with Gasteiger partial charge in [-0.1, -0.05) is 26.2 Å². The molecule has 3 heteroatoms. The van der Waals surface area contributed by atoms with E-state index in [0.29, 0.717) is 6.04 Å². The molecule has 2 unspecified atom stereocenters. The van der Waals surface area contributed by atoms with Crippen molar-refractivity contribution in [1.82, 2.24) is 4.98 Å². The van der Waals surface area contributed by atoms with Crippen molar-refractivity contribution in [2.45, 2.75) is 45.1 Å². The van der Waals surface area contributed by atoms with Gasteiger partial charge in [-0.2, -0.15) is 0 Å². The van der Waals surface area contributed by atoms with Crippen molar-refractivity contribution in [2.75, 3.05) is 11.1 Å². The molecule has 3 rings (SSSR count). The number of fused-ring (bicyclic) bond motifs is 1. The van der Waals surface area contributed by atoms with Crippen LogP contribution in [0.3, 0.4) is 0 Å². The molecule has 1 fully saturated rings. The van der Waals surface area contributed by atoms with Gasteiger partial charge < -0.3 is 11.1 Å². The van der Waals surface area contributed by atoms with E-state index in [1.165, 1.54) is 37.8 Å². The second kappa shape index (κ2) is 5.70. The van der Waals surface area contributed by atoms with Gasteiger partial charge in [0.15, 0.2) is 0 Å². The van der Waals surface area contributed by atoms with Gasteiger partial charge in [0, 0.05) is 40.6 Å². The molecule has 1 aliphatic rings. The van der Waals surface area contributed by atoms with Crippen molar-refractivity contribution in [3.8, 4) is 0 Å². The number of aromatic nitrogens is 1. The molecule has 106 valence electrons. The molecule has 0 bridgehead atoms. The average Bonchev–Trinajstić information content (AvgIpc) is 2.51. The summed E-state index contributed by atoms with van der Waals surface area (Å²) in [6.07, 6.45) is 10.3. The summed E-state index contributed by atoms with van der Waals surface area (Å²) in [5.74, 6) is 0.874. The first-order valence-corrected chi connectivity index (χ1v) is 7.66. The molecule has 0 amide bonds. The van der Waals surface area contributed by atoms with Gasteiger partial charge in [-0.25, -0.2) is 0 Å². The van der Waals surface area contributed by atoms with Crippen molar-refractivity contribution in [3.05, 3.63) is 30.6 Å². The van der Waals surface area contributed by atoms with Gasteiger partial charge in [0.2, 0.25) is 0 Å². The summed E-state index contributed by atoms with van der Waals surface area (Å²) in [5.41, 5.74) is 8.04. The Morgan fingerprint density at radius 1 is 1.25 bits per heavy atom. The molecule has 0 saturated heterocycles. The standard InChI is InChI=1S/C17H23N3/c1-2-12-4-3-5-13(10-12)20-17-7-6-16(18)14-8-9-19-11-15(14)17/h6-9,11-13,20H,2-5,10,18H2,1H3. The lowest BCUT2D eigenvalue weighted by molar-refractivity contribution is 0.327. The third-order valence-corrected chi connectivity index (χ3v) is 4.57. The minimum absolute atomic E-state index is 0.584. The fourth-order valence-corrected chi connectivity index (χ4v) is 3.35. The number of nitrogen functional groups attached to an aromatic ring is 1. The molecule has 20 heavy (non-hydrogen) atoms. The number of pyridine rings is 1. The first-order chi connectivity index (χ1) is 9.78. The van der Waals surface area contributed by atoms with Crippen molar-refractivity contribution < 1.29 is 0 Å². The molecule has 1 aliphatic carbocycles. The Morgan fingerprint density at radius 3 is 3.00 bits per heavy atom. The van der Waals surface area contributed by atoms with Crippen LogP contribution in [0.4, 0.5) is 11.4 Å². The van der Waals surface area contributed by atoms with Crippen LogP contribution in [-0.2, 0) is 0 Å². The highest BCUT2D eigenvalue weighted by molar-refractivity contribution is 6.00. The fraction of sp³-hybridized carbons (Fsp3) is 0.471. The molecular formula is C17H23N3. The molecule has 1 aromatic heterocycles. The number of nitrogens with zero attached hydrogens (tertiary/aromatic N) is 1. The van der Waals surface area contributed by atoms with Crippen molar-refractivity contribution >= 4 is 22.1 Å². The summed E-state index contributed by atoms with van der Waals surface area (Å²) in [4.78, 5) is 4.24. The number of hydrogen-bond acceptors (Lipinski definition) is 3. The molecular weight excluding hydrogens is 246 g/mol. The van der Waals surface area contributed by atoms with E-state index in [9.17, 15) is 0 Å². The lowest BCUT2D eigenvalue weighted by Crippen LogP contribution is -2.27. The zero-order chi connectivity index (χ0) is 13.9. The predicted octanol–water partition coefficient (Wildman–Crippen LogP) is 4.20. The van der Waals surface area contributed by atoms with E-state index in [2.05, 4.69) is 23.3 Å². The van der Waals surface area contributed by atoms with Gasteiger partial charge in [0.25, 0.3) is 0 Å². The molecule has 1 saturated carbocycles. The Labute approximate surface area is 120 Å². The summed E-state index contributed by atoms with van der Waals surface area (Å²) in [7, 11) is 0. The molecule has 3 N–H and O–H groups in total. The second-order valence-corrected chi connectivity index (χ2v) is 5.91. The SMILES string of the molecule is CCC1CCCC(Nc2ccc(N)c3ccncc23)C1. The van der Waals surface area contributed by atoms with Crippen LogP contribution in [0, 0.1) is 5.92 Å². The maximum absolute atomic E-state index is 6.05. The molecule has 1 aromatic carbocycles. The van der Waals surface area contributed by atoms with Gasteiger partial charge in [0.05, 0.1) is 0 Å². The second-order valence-electron chi connectivity index (χ2n) is 5.91. The first kappa shape index (κ1) is 13.2. The van der Waals surface area contributed by atoms with Crippen molar-refractivity contribution in [3.63, 3.8) is 0 Å². The van der Waals surface area contributed by atoms with Crippen LogP contribution in [-0.4, -0.2) is 11.0 Å². The van der Waals surface area contributed by atoms with Crippen LogP contribution >= 0.6 is 0 Å². The fourth-order valence-electron chi connectivity index (χ4n) is 3.35. The number of hydrogen-bond donors (Lipinski definition) is 2. The number of nitrogens with one attached hydrogen (secondary N) is 1. The summed E-state index contributed by atoms with van der Waals surface area (Å²) in [6.45, 7) is 2.30. The summed E-state index contributed by atoms with van der Waals surface area (Å²) >= 11 is 0. The Bertz CT molecular complexity index is 594. The van der Waals surface area contributed by atoms with Crippen molar-refractivity contribution in [1.29, 1.82) is 0 Å². The summed E-state index contributed by atoms with van der Waals surface area (Å²) in [5, 5.41) is 5.94. The maximum atomic E-state index is 6.05. The highest BCUT2D eigenvalue weighted by atomic mass is 14.9. The van der Waals surface area contributed by atoms with Crippen LogP contribution in [0.15, 0.2) is 30.6 Å². The Hall–Kier alpha value is -1.77. The van der Waals surface area contributed by atoms with E-state index in [1.54, 1.807) is 6.20 Å². The van der Waals surface area contributed by atoms with E-state index < -0.39 is 0 Å². The van der Waals surface area contributed by atoms with Crippen LogP contribution < -0.4 is 11.1 Å². The zero-order valence-corrected chi connectivity index (χ0v) is 12.1. The largest absolute Gasteiger partial charge is 0.398 e. The van der Waals surface area contributed by atoms with Crippen LogP contribution in [0.1, 0.15) is 39.0 Å². The predicted molar refractivity (Wildman–Crippen MR) is 85.8 cm³/mol. The van der Waals surface area contributed by atoms with E-state index in [4.69, 9.17) is 5.73 Å². The molecule has 1 heterocycles. The van der Waals surface area contributed by atoms with Crippen LogP contribution in [0.25, 0.3) is 10.8 Å². The Morgan fingerprint density at radius 2 is 2.15 bits per heavy atom. The number of nitrogens with two attached hydrogens (primary N) is 1. The molecule has 0 spiro atoms. The van der Waals surface area contributed by atoms with Crippen LogP contribution in [0.2, 0.25) is 0 Å². The molecule has 2 atom stereocenters. The third-order valence-electron chi connectivity index (χ3n) is 4.57. The molecule has 0 aliphatic heterocycles. The minimum atomic E-state index is 0.584. The normalized spacial score (nSPS) is 22.9. The number of rotatable bonds is 3. The third kappa shape index (κ3) is 2.58. The lowest BCUT2D eigenvalue weighted by Gasteiger charge is -2.30. The first-order valence-electron chi connectivity index (χ1n) is 7.66. The maximum Gasteiger partial charge on any atom is 0.0439 e. The smallest absolute Gasteiger partial charge is 0.0439 e. The lowest BCUT2D eigenvalue weighted by atomic mass is 9.84. The number of anilines is 2. The Balaban J connectivity index is 1.86.